The Bertz CT molecular complexity index is 904. The Morgan fingerprint density at radius 3 is 2.58 bits per heavy atom. The van der Waals surface area contributed by atoms with Gasteiger partial charge in [-0.3, -0.25) is 0 Å². The first-order chi connectivity index (χ1) is 11.7. The van der Waals surface area contributed by atoms with Crippen molar-refractivity contribution in [3.05, 3.63) is 71.6 Å². The number of pyridine rings is 1. The minimum absolute atomic E-state index is 0.161. The largest absolute Gasteiger partial charge is 0.479 e. The van der Waals surface area contributed by atoms with E-state index >= 15 is 0 Å². The Morgan fingerprint density at radius 1 is 1.12 bits per heavy atom. The molecule has 0 saturated carbocycles. The molecule has 0 unspecified atom stereocenters. The van der Waals surface area contributed by atoms with Crippen LogP contribution in [0.4, 0.5) is 4.39 Å². The number of aromatic nitrogens is 3. The standard InChI is InChI=1S/C18H13FN4O/c1-24-18-16(10-20)21-11-14(22-18)9-12-5-7-13(8-6-12)15-3-2-4-17(19)23-15/h2-8,11H,9H2,1H3. The summed E-state index contributed by atoms with van der Waals surface area (Å²) in [6.45, 7) is 0. The van der Waals surface area contributed by atoms with Crippen LogP contribution in [0.2, 0.25) is 0 Å². The van der Waals surface area contributed by atoms with E-state index in [0.29, 0.717) is 17.8 Å². The van der Waals surface area contributed by atoms with Crippen LogP contribution in [0.1, 0.15) is 17.0 Å². The summed E-state index contributed by atoms with van der Waals surface area (Å²) >= 11 is 0. The summed E-state index contributed by atoms with van der Waals surface area (Å²) in [5, 5.41) is 8.92. The van der Waals surface area contributed by atoms with Gasteiger partial charge in [-0.05, 0) is 17.7 Å². The molecular formula is C18H13FN4O. The Hall–Kier alpha value is -3.33. The fraction of sp³-hybridized carbons (Fsp3) is 0.111. The van der Waals surface area contributed by atoms with Gasteiger partial charge in [-0.2, -0.15) is 9.65 Å². The molecule has 24 heavy (non-hydrogen) atoms. The van der Waals surface area contributed by atoms with E-state index in [1.807, 2.05) is 30.3 Å². The smallest absolute Gasteiger partial charge is 0.251 e. The van der Waals surface area contributed by atoms with Crippen molar-refractivity contribution >= 4 is 0 Å². The molecule has 5 nitrogen and oxygen atoms in total. The van der Waals surface area contributed by atoms with E-state index in [1.54, 1.807) is 18.3 Å². The van der Waals surface area contributed by atoms with Crippen molar-refractivity contribution in [2.24, 2.45) is 0 Å². The molecular weight excluding hydrogens is 307 g/mol. The summed E-state index contributed by atoms with van der Waals surface area (Å²) in [7, 11) is 1.45. The second-order valence-electron chi connectivity index (χ2n) is 5.05. The monoisotopic (exact) mass is 320 g/mol. The van der Waals surface area contributed by atoms with Crippen molar-refractivity contribution in [2.75, 3.05) is 7.11 Å². The fourth-order valence-corrected chi connectivity index (χ4v) is 2.28. The van der Waals surface area contributed by atoms with Gasteiger partial charge in [0.05, 0.1) is 24.7 Å². The third-order valence-corrected chi connectivity index (χ3v) is 3.44. The first-order valence-corrected chi connectivity index (χ1v) is 7.21. The minimum Gasteiger partial charge on any atom is -0.479 e. The molecule has 118 valence electrons. The molecule has 2 aromatic heterocycles. The van der Waals surface area contributed by atoms with Crippen LogP contribution in [0, 0.1) is 17.3 Å². The van der Waals surface area contributed by atoms with Gasteiger partial charge < -0.3 is 4.74 Å². The molecule has 0 radical (unpaired) electrons. The van der Waals surface area contributed by atoms with E-state index in [2.05, 4.69) is 15.0 Å². The maximum Gasteiger partial charge on any atom is 0.251 e. The maximum atomic E-state index is 13.2. The summed E-state index contributed by atoms with van der Waals surface area (Å²) in [4.78, 5) is 12.2. The highest BCUT2D eigenvalue weighted by atomic mass is 19.1. The lowest BCUT2D eigenvalue weighted by molar-refractivity contribution is 0.392. The van der Waals surface area contributed by atoms with Crippen LogP contribution in [0.3, 0.4) is 0 Å². The average molecular weight is 320 g/mol. The van der Waals surface area contributed by atoms with Gasteiger partial charge in [-0.25, -0.2) is 15.0 Å². The zero-order chi connectivity index (χ0) is 16.9. The number of benzene rings is 1. The highest BCUT2D eigenvalue weighted by Gasteiger charge is 2.08. The minimum atomic E-state index is -0.503. The zero-order valence-corrected chi connectivity index (χ0v) is 12.9. The third kappa shape index (κ3) is 3.36. The molecule has 3 aromatic rings. The Kier molecular flexibility index (Phi) is 4.43. The van der Waals surface area contributed by atoms with Gasteiger partial charge in [0.2, 0.25) is 11.6 Å². The van der Waals surface area contributed by atoms with E-state index in [1.165, 1.54) is 13.2 Å². The summed E-state index contributed by atoms with van der Waals surface area (Å²) in [6.07, 6.45) is 2.11. The van der Waals surface area contributed by atoms with Crippen LogP contribution in [-0.2, 0) is 6.42 Å². The molecule has 2 heterocycles. The van der Waals surface area contributed by atoms with Crippen LogP contribution in [0.25, 0.3) is 11.3 Å². The van der Waals surface area contributed by atoms with E-state index in [-0.39, 0.29) is 11.6 Å². The average Bonchev–Trinajstić information content (AvgIpc) is 2.62. The van der Waals surface area contributed by atoms with Crippen LogP contribution < -0.4 is 4.74 Å². The van der Waals surface area contributed by atoms with Gasteiger partial charge in [0, 0.05) is 12.0 Å². The fourth-order valence-electron chi connectivity index (χ4n) is 2.28. The lowest BCUT2D eigenvalue weighted by Crippen LogP contribution is -2.00. The number of rotatable bonds is 4. The second kappa shape index (κ2) is 6.84. The van der Waals surface area contributed by atoms with Crippen molar-refractivity contribution < 1.29 is 9.13 Å². The van der Waals surface area contributed by atoms with Crippen LogP contribution in [-0.4, -0.2) is 22.1 Å². The first-order valence-electron chi connectivity index (χ1n) is 7.21. The van der Waals surface area contributed by atoms with Gasteiger partial charge in [0.25, 0.3) is 5.88 Å². The van der Waals surface area contributed by atoms with Gasteiger partial charge in [-0.1, -0.05) is 30.3 Å². The summed E-state index contributed by atoms with van der Waals surface area (Å²) in [5.41, 5.74) is 3.29. The maximum absolute atomic E-state index is 13.2. The lowest BCUT2D eigenvalue weighted by Gasteiger charge is -2.06. The number of ether oxygens (including phenoxy) is 1. The van der Waals surface area contributed by atoms with Gasteiger partial charge in [0.1, 0.15) is 6.07 Å². The molecule has 0 fully saturated rings. The Morgan fingerprint density at radius 2 is 1.92 bits per heavy atom. The van der Waals surface area contributed by atoms with Crippen LogP contribution in [0.5, 0.6) is 5.88 Å². The van der Waals surface area contributed by atoms with Crippen molar-refractivity contribution in [3.8, 4) is 23.2 Å². The zero-order valence-electron chi connectivity index (χ0n) is 12.9. The van der Waals surface area contributed by atoms with Crippen molar-refractivity contribution in [1.29, 1.82) is 5.26 Å². The number of nitriles is 1. The van der Waals surface area contributed by atoms with Crippen molar-refractivity contribution in [1.82, 2.24) is 15.0 Å². The molecule has 0 saturated heterocycles. The third-order valence-electron chi connectivity index (χ3n) is 3.44. The normalized spacial score (nSPS) is 10.2. The molecule has 0 aliphatic carbocycles. The SMILES string of the molecule is COc1nc(Cc2ccc(-c3cccc(F)n3)cc2)cnc1C#N. The summed E-state index contributed by atoms with van der Waals surface area (Å²) in [5.74, 6) is -0.285. The predicted octanol–water partition coefficient (Wildman–Crippen LogP) is 3.15. The summed E-state index contributed by atoms with van der Waals surface area (Å²) < 4.78 is 18.3. The van der Waals surface area contributed by atoms with Crippen molar-refractivity contribution in [3.63, 3.8) is 0 Å². The Labute approximate surface area is 138 Å². The van der Waals surface area contributed by atoms with Gasteiger partial charge in [0.15, 0.2) is 0 Å². The molecule has 0 aliphatic heterocycles. The number of nitrogens with zero attached hydrogens (tertiary/aromatic N) is 4. The van der Waals surface area contributed by atoms with Gasteiger partial charge in [-0.15, -0.1) is 0 Å². The second-order valence-corrected chi connectivity index (χ2v) is 5.05. The molecule has 6 heteroatoms. The predicted molar refractivity (Wildman–Crippen MR) is 85.7 cm³/mol. The van der Waals surface area contributed by atoms with Crippen LogP contribution in [0.15, 0.2) is 48.7 Å². The topological polar surface area (TPSA) is 71.7 Å². The molecule has 0 atom stereocenters. The first kappa shape index (κ1) is 15.6. The quantitative estimate of drug-likeness (QED) is 0.691. The van der Waals surface area contributed by atoms with E-state index < -0.39 is 5.95 Å². The Balaban J connectivity index is 1.81. The molecule has 0 aliphatic rings. The van der Waals surface area contributed by atoms with E-state index in [0.717, 1.165) is 11.1 Å². The molecule has 0 amide bonds. The van der Waals surface area contributed by atoms with E-state index in [4.69, 9.17) is 10.00 Å². The number of hydrogen-bond donors (Lipinski definition) is 0. The van der Waals surface area contributed by atoms with Gasteiger partial charge >= 0.3 is 0 Å². The van der Waals surface area contributed by atoms with Crippen LogP contribution >= 0.6 is 0 Å². The number of halogens is 1. The molecule has 3 rings (SSSR count). The molecule has 0 spiro atoms. The molecule has 1 aromatic carbocycles. The highest BCUT2D eigenvalue weighted by molar-refractivity contribution is 5.59. The number of hydrogen-bond acceptors (Lipinski definition) is 5. The molecule has 0 N–H and O–H groups in total. The number of methoxy groups -OCH3 is 1. The van der Waals surface area contributed by atoms with Crippen molar-refractivity contribution in [2.45, 2.75) is 6.42 Å². The summed E-state index contributed by atoms with van der Waals surface area (Å²) in [6, 6.07) is 14.2. The van der Waals surface area contributed by atoms with E-state index in [9.17, 15) is 4.39 Å². The molecule has 0 bridgehead atoms. The highest BCUT2D eigenvalue weighted by Crippen LogP contribution is 2.19. The lowest BCUT2D eigenvalue weighted by atomic mass is 10.1.